The standard InChI is InChI=1S/C19H13BrFN5O/c20-15-10-22-7-12-4-5-16(25-18(12)15)19(27)23-8-13-9-24-26-17(13)11-2-1-3-14(21)6-11/h1-7,9-10H,8H2,(H,23,27)(H,24,26). The van der Waals surface area contributed by atoms with Crippen molar-refractivity contribution in [1.82, 2.24) is 25.5 Å². The van der Waals surface area contributed by atoms with Gasteiger partial charge in [0, 0.05) is 35.5 Å². The van der Waals surface area contributed by atoms with Crippen molar-refractivity contribution in [2.75, 3.05) is 0 Å². The van der Waals surface area contributed by atoms with Crippen LogP contribution >= 0.6 is 15.9 Å². The summed E-state index contributed by atoms with van der Waals surface area (Å²) in [6.45, 7) is 0.235. The number of fused-ring (bicyclic) bond motifs is 1. The van der Waals surface area contributed by atoms with Gasteiger partial charge in [0.2, 0.25) is 0 Å². The number of amides is 1. The molecule has 0 aliphatic carbocycles. The van der Waals surface area contributed by atoms with Gasteiger partial charge < -0.3 is 5.32 Å². The predicted molar refractivity (Wildman–Crippen MR) is 102 cm³/mol. The minimum atomic E-state index is -0.336. The molecule has 27 heavy (non-hydrogen) atoms. The summed E-state index contributed by atoms with van der Waals surface area (Å²) in [5.74, 6) is -0.649. The van der Waals surface area contributed by atoms with Crippen LogP contribution in [-0.4, -0.2) is 26.1 Å². The van der Waals surface area contributed by atoms with Gasteiger partial charge in [-0.25, -0.2) is 9.37 Å². The molecule has 1 amide bonds. The van der Waals surface area contributed by atoms with Crippen molar-refractivity contribution >= 4 is 32.7 Å². The van der Waals surface area contributed by atoms with Gasteiger partial charge >= 0.3 is 0 Å². The van der Waals surface area contributed by atoms with Crippen molar-refractivity contribution in [1.29, 1.82) is 0 Å². The molecule has 0 radical (unpaired) electrons. The van der Waals surface area contributed by atoms with Crippen LogP contribution in [0.4, 0.5) is 4.39 Å². The van der Waals surface area contributed by atoms with Crippen LogP contribution in [0.2, 0.25) is 0 Å². The molecule has 0 bridgehead atoms. The Morgan fingerprint density at radius 3 is 2.93 bits per heavy atom. The SMILES string of the molecule is O=C(NCc1cn[nH]c1-c1cccc(F)c1)c1ccc2cncc(Br)c2n1. The molecule has 134 valence electrons. The lowest BCUT2D eigenvalue weighted by atomic mass is 10.1. The maximum Gasteiger partial charge on any atom is 0.270 e. The van der Waals surface area contributed by atoms with Crippen LogP contribution in [0.25, 0.3) is 22.2 Å². The third kappa shape index (κ3) is 3.56. The fourth-order valence-corrected chi connectivity index (χ4v) is 3.18. The second kappa shape index (κ2) is 7.24. The number of aromatic nitrogens is 4. The second-order valence-electron chi connectivity index (χ2n) is 5.85. The smallest absolute Gasteiger partial charge is 0.270 e. The number of hydrogen-bond acceptors (Lipinski definition) is 4. The summed E-state index contributed by atoms with van der Waals surface area (Å²) < 4.78 is 14.2. The van der Waals surface area contributed by atoms with E-state index in [-0.39, 0.29) is 18.3 Å². The normalized spacial score (nSPS) is 10.9. The zero-order valence-corrected chi connectivity index (χ0v) is 15.5. The van der Waals surface area contributed by atoms with Gasteiger partial charge in [-0.2, -0.15) is 5.10 Å². The lowest BCUT2D eigenvalue weighted by Gasteiger charge is -2.07. The van der Waals surface area contributed by atoms with E-state index in [9.17, 15) is 9.18 Å². The lowest BCUT2D eigenvalue weighted by Crippen LogP contribution is -2.23. The number of carbonyl (C=O) groups excluding carboxylic acids is 1. The highest BCUT2D eigenvalue weighted by Gasteiger charge is 2.13. The Balaban J connectivity index is 1.54. The summed E-state index contributed by atoms with van der Waals surface area (Å²) >= 11 is 3.39. The summed E-state index contributed by atoms with van der Waals surface area (Å²) in [5, 5.41) is 10.5. The quantitative estimate of drug-likeness (QED) is 0.519. The molecule has 3 heterocycles. The van der Waals surface area contributed by atoms with E-state index in [2.05, 4.69) is 41.4 Å². The molecule has 0 saturated carbocycles. The highest BCUT2D eigenvalue weighted by molar-refractivity contribution is 9.10. The van der Waals surface area contributed by atoms with Crippen LogP contribution in [0.1, 0.15) is 16.1 Å². The van der Waals surface area contributed by atoms with Crippen molar-refractivity contribution in [3.63, 3.8) is 0 Å². The number of aromatic amines is 1. The number of halogens is 2. The van der Waals surface area contributed by atoms with E-state index in [1.54, 1.807) is 42.9 Å². The molecular formula is C19H13BrFN5O. The van der Waals surface area contributed by atoms with Gasteiger partial charge in [0.15, 0.2) is 0 Å². The first kappa shape index (κ1) is 17.3. The minimum absolute atomic E-state index is 0.235. The Kier molecular flexibility index (Phi) is 4.64. The average molecular weight is 426 g/mol. The molecule has 3 aromatic heterocycles. The molecule has 4 rings (SSSR count). The van der Waals surface area contributed by atoms with Crippen LogP contribution in [0.3, 0.4) is 0 Å². The summed E-state index contributed by atoms with van der Waals surface area (Å²) in [6, 6.07) is 9.63. The van der Waals surface area contributed by atoms with Crippen LogP contribution < -0.4 is 5.32 Å². The molecule has 6 nitrogen and oxygen atoms in total. The first-order chi connectivity index (χ1) is 13.1. The van der Waals surface area contributed by atoms with Gasteiger partial charge in [-0.1, -0.05) is 12.1 Å². The molecule has 4 aromatic rings. The number of benzene rings is 1. The number of H-pyrrole nitrogens is 1. The van der Waals surface area contributed by atoms with Crippen molar-refractivity contribution in [2.24, 2.45) is 0 Å². The van der Waals surface area contributed by atoms with E-state index in [0.29, 0.717) is 22.5 Å². The number of hydrogen-bond donors (Lipinski definition) is 2. The van der Waals surface area contributed by atoms with Crippen molar-refractivity contribution in [3.8, 4) is 11.3 Å². The molecule has 2 N–H and O–H groups in total. The van der Waals surface area contributed by atoms with Crippen molar-refractivity contribution in [3.05, 3.63) is 76.5 Å². The third-order valence-electron chi connectivity index (χ3n) is 4.06. The fourth-order valence-electron chi connectivity index (χ4n) is 2.74. The molecule has 0 atom stereocenters. The van der Waals surface area contributed by atoms with Gasteiger partial charge in [-0.15, -0.1) is 0 Å². The first-order valence-electron chi connectivity index (χ1n) is 8.08. The van der Waals surface area contributed by atoms with E-state index < -0.39 is 0 Å². The second-order valence-corrected chi connectivity index (χ2v) is 6.71. The highest BCUT2D eigenvalue weighted by atomic mass is 79.9. The van der Waals surface area contributed by atoms with Crippen LogP contribution in [0.5, 0.6) is 0 Å². The van der Waals surface area contributed by atoms with Gasteiger partial charge in [0.1, 0.15) is 11.5 Å². The van der Waals surface area contributed by atoms with E-state index in [0.717, 1.165) is 15.4 Å². The van der Waals surface area contributed by atoms with E-state index in [1.165, 1.54) is 12.1 Å². The summed E-state index contributed by atoms with van der Waals surface area (Å²) in [7, 11) is 0. The largest absolute Gasteiger partial charge is 0.346 e. The molecule has 0 fully saturated rings. The fraction of sp³-hybridized carbons (Fsp3) is 0.0526. The maximum absolute atomic E-state index is 13.5. The number of pyridine rings is 2. The number of carbonyl (C=O) groups is 1. The predicted octanol–water partition coefficient (Wildman–Crippen LogP) is 3.85. The Morgan fingerprint density at radius 1 is 1.19 bits per heavy atom. The number of nitrogens with zero attached hydrogens (tertiary/aromatic N) is 3. The Hall–Kier alpha value is -3.13. The molecule has 1 aromatic carbocycles. The van der Waals surface area contributed by atoms with Gasteiger partial charge in [-0.3, -0.25) is 14.9 Å². The summed E-state index contributed by atoms with van der Waals surface area (Å²) in [5.41, 5.74) is 3.04. The van der Waals surface area contributed by atoms with Crippen molar-refractivity contribution in [2.45, 2.75) is 6.54 Å². The van der Waals surface area contributed by atoms with Gasteiger partial charge in [0.05, 0.1) is 21.9 Å². The van der Waals surface area contributed by atoms with Gasteiger partial charge in [0.25, 0.3) is 5.91 Å². The zero-order valence-electron chi connectivity index (χ0n) is 13.9. The molecule has 8 heteroatoms. The van der Waals surface area contributed by atoms with E-state index in [4.69, 9.17) is 0 Å². The van der Waals surface area contributed by atoms with Crippen molar-refractivity contribution < 1.29 is 9.18 Å². The molecular weight excluding hydrogens is 413 g/mol. The summed E-state index contributed by atoms with van der Waals surface area (Å²) in [4.78, 5) is 21.0. The highest BCUT2D eigenvalue weighted by Crippen LogP contribution is 2.22. The molecule has 0 aliphatic heterocycles. The molecule has 0 unspecified atom stereocenters. The number of rotatable bonds is 4. The molecule has 0 aliphatic rings. The van der Waals surface area contributed by atoms with Gasteiger partial charge in [-0.05, 0) is 40.2 Å². The monoisotopic (exact) mass is 425 g/mol. The summed E-state index contributed by atoms with van der Waals surface area (Å²) in [6.07, 6.45) is 4.93. The molecule has 0 saturated heterocycles. The molecule has 0 spiro atoms. The lowest BCUT2D eigenvalue weighted by molar-refractivity contribution is 0.0946. The Morgan fingerprint density at radius 2 is 2.07 bits per heavy atom. The minimum Gasteiger partial charge on any atom is -0.346 e. The topological polar surface area (TPSA) is 83.6 Å². The number of nitrogens with one attached hydrogen (secondary N) is 2. The van der Waals surface area contributed by atoms with Crippen LogP contribution in [0.15, 0.2) is 59.5 Å². The van der Waals surface area contributed by atoms with E-state index >= 15 is 0 Å². The zero-order chi connectivity index (χ0) is 18.8. The maximum atomic E-state index is 13.5. The average Bonchev–Trinajstić information content (AvgIpc) is 3.15. The Bertz CT molecular complexity index is 1140. The van der Waals surface area contributed by atoms with Crippen LogP contribution in [-0.2, 0) is 6.54 Å². The first-order valence-corrected chi connectivity index (χ1v) is 8.88. The Labute approximate surface area is 162 Å². The third-order valence-corrected chi connectivity index (χ3v) is 4.64. The van der Waals surface area contributed by atoms with Crippen LogP contribution in [0, 0.1) is 5.82 Å². The van der Waals surface area contributed by atoms with E-state index in [1.807, 2.05) is 0 Å².